The molecule has 26 heavy (non-hydrogen) atoms. The van der Waals surface area contributed by atoms with E-state index in [0.717, 1.165) is 24.3 Å². The normalized spacial score (nSPS) is 15.4. The summed E-state index contributed by atoms with van der Waals surface area (Å²) >= 11 is 12.0. The van der Waals surface area contributed by atoms with Crippen LogP contribution in [0.2, 0.25) is 10.0 Å². The minimum Gasteiger partial charge on any atom is -0.494 e. The van der Waals surface area contributed by atoms with Crippen LogP contribution < -0.4 is 14.4 Å². The van der Waals surface area contributed by atoms with Gasteiger partial charge in [0.2, 0.25) is 0 Å². The molecule has 1 amide bonds. The summed E-state index contributed by atoms with van der Waals surface area (Å²) in [5.41, 5.74) is -0.166. The van der Waals surface area contributed by atoms with Crippen molar-refractivity contribution < 1.29 is 14.3 Å². The van der Waals surface area contributed by atoms with Crippen LogP contribution in [0.4, 0.5) is 5.69 Å². The van der Waals surface area contributed by atoms with E-state index in [9.17, 15) is 4.79 Å². The zero-order valence-electron chi connectivity index (χ0n) is 14.8. The summed E-state index contributed by atoms with van der Waals surface area (Å²) in [7, 11) is 0. The number of rotatable bonds is 6. The number of ether oxygens (including phenoxy) is 2. The molecule has 138 valence electrons. The van der Waals surface area contributed by atoms with Gasteiger partial charge in [-0.1, -0.05) is 23.2 Å². The molecule has 0 bridgehead atoms. The molecule has 2 aromatic carbocycles. The lowest BCUT2D eigenvalue weighted by molar-refractivity contribution is -0.132. The van der Waals surface area contributed by atoms with Crippen molar-refractivity contribution in [2.75, 3.05) is 18.1 Å². The summed E-state index contributed by atoms with van der Waals surface area (Å²) < 4.78 is 11.5. The zero-order valence-corrected chi connectivity index (χ0v) is 16.3. The topological polar surface area (TPSA) is 38.8 Å². The van der Waals surface area contributed by atoms with Crippen molar-refractivity contribution in [2.24, 2.45) is 0 Å². The largest absolute Gasteiger partial charge is 0.494 e. The molecular formula is C20H21Cl2NO3. The Hall–Kier alpha value is -1.91. The summed E-state index contributed by atoms with van der Waals surface area (Å²) in [5.74, 6) is 1.40. The van der Waals surface area contributed by atoms with Crippen molar-refractivity contribution in [1.29, 1.82) is 0 Å². The maximum atomic E-state index is 12.8. The van der Waals surface area contributed by atoms with Gasteiger partial charge in [0.1, 0.15) is 11.5 Å². The molecule has 1 aliphatic heterocycles. The monoisotopic (exact) mass is 393 g/mol. The number of nitrogens with zero attached hydrogens (tertiary/aromatic N) is 1. The summed E-state index contributed by atoms with van der Waals surface area (Å²) in [5, 5.41) is 1.26. The molecule has 0 saturated heterocycles. The number of hydrogen-bond donors (Lipinski definition) is 0. The standard InChI is InChI=1S/C20H21Cl2NO3/c1-20(2)19(24)23(17-13-15(22)7-10-18(17)26-20)11-3-4-12-25-16-8-5-14(21)6-9-16/h5-10,13H,3-4,11-12H2,1-2H3. The fourth-order valence-electron chi connectivity index (χ4n) is 2.86. The number of anilines is 1. The number of hydrogen-bond acceptors (Lipinski definition) is 3. The van der Waals surface area contributed by atoms with Crippen LogP contribution in [0.3, 0.4) is 0 Å². The van der Waals surface area contributed by atoms with Crippen LogP contribution in [-0.2, 0) is 4.79 Å². The molecule has 1 aliphatic rings. The molecule has 1 heterocycles. The Kier molecular flexibility index (Phi) is 5.64. The van der Waals surface area contributed by atoms with Crippen molar-refractivity contribution in [3.8, 4) is 11.5 Å². The maximum absolute atomic E-state index is 12.8. The van der Waals surface area contributed by atoms with Crippen LogP contribution in [0, 0.1) is 0 Å². The molecule has 0 saturated carbocycles. The van der Waals surface area contributed by atoms with Crippen molar-refractivity contribution in [3.05, 3.63) is 52.5 Å². The Labute approximate surface area is 163 Å². The lowest BCUT2D eigenvalue weighted by Gasteiger charge is -2.38. The van der Waals surface area contributed by atoms with Gasteiger partial charge >= 0.3 is 0 Å². The summed E-state index contributed by atoms with van der Waals surface area (Å²) in [6, 6.07) is 12.6. The summed E-state index contributed by atoms with van der Waals surface area (Å²) in [6.45, 7) is 4.72. The van der Waals surface area contributed by atoms with Crippen molar-refractivity contribution in [3.63, 3.8) is 0 Å². The van der Waals surface area contributed by atoms with Gasteiger partial charge in [0.25, 0.3) is 5.91 Å². The second kappa shape index (κ2) is 7.77. The highest BCUT2D eigenvalue weighted by Gasteiger charge is 2.40. The molecule has 2 aromatic rings. The highest BCUT2D eigenvalue weighted by molar-refractivity contribution is 6.31. The van der Waals surface area contributed by atoms with E-state index in [-0.39, 0.29) is 5.91 Å². The predicted octanol–water partition coefficient (Wildman–Crippen LogP) is 5.36. The Morgan fingerprint density at radius 3 is 2.46 bits per heavy atom. The van der Waals surface area contributed by atoms with Crippen molar-refractivity contribution in [2.45, 2.75) is 32.3 Å². The predicted molar refractivity (Wildman–Crippen MR) is 105 cm³/mol. The second-order valence-corrected chi connectivity index (χ2v) is 7.56. The molecule has 0 atom stereocenters. The summed E-state index contributed by atoms with van der Waals surface area (Å²) in [4.78, 5) is 14.5. The van der Waals surface area contributed by atoms with E-state index < -0.39 is 5.60 Å². The lowest BCUT2D eigenvalue weighted by Crippen LogP contribution is -2.52. The Bertz CT molecular complexity index is 790. The van der Waals surface area contributed by atoms with Crippen LogP contribution in [0.15, 0.2) is 42.5 Å². The minimum absolute atomic E-state index is 0.0640. The molecule has 0 fully saturated rings. The Morgan fingerprint density at radius 1 is 1.04 bits per heavy atom. The average molecular weight is 394 g/mol. The van der Waals surface area contributed by atoms with Gasteiger partial charge in [-0.05, 0) is 69.2 Å². The summed E-state index contributed by atoms with van der Waals surface area (Å²) in [6.07, 6.45) is 1.63. The van der Waals surface area contributed by atoms with Gasteiger partial charge in [0.15, 0.2) is 5.60 Å². The van der Waals surface area contributed by atoms with Gasteiger partial charge in [-0.2, -0.15) is 0 Å². The molecule has 4 nitrogen and oxygen atoms in total. The number of fused-ring (bicyclic) bond motifs is 1. The first-order valence-corrected chi connectivity index (χ1v) is 9.31. The molecule has 0 aromatic heterocycles. The maximum Gasteiger partial charge on any atom is 0.270 e. The number of halogens is 2. The van der Waals surface area contributed by atoms with Crippen molar-refractivity contribution >= 4 is 34.8 Å². The smallest absolute Gasteiger partial charge is 0.270 e. The van der Waals surface area contributed by atoms with Crippen molar-refractivity contribution in [1.82, 2.24) is 0 Å². The van der Waals surface area contributed by atoms with Gasteiger partial charge in [-0.25, -0.2) is 0 Å². The van der Waals surface area contributed by atoms with Crippen LogP contribution in [-0.4, -0.2) is 24.7 Å². The van der Waals surface area contributed by atoms with Gasteiger partial charge in [0, 0.05) is 16.6 Å². The molecular weight excluding hydrogens is 373 g/mol. The lowest BCUT2D eigenvalue weighted by atomic mass is 10.0. The van der Waals surface area contributed by atoms with Gasteiger partial charge < -0.3 is 14.4 Å². The highest BCUT2D eigenvalue weighted by atomic mass is 35.5. The van der Waals surface area contributed by atoms with E-state index in [1.807, 2.05) is 18.2 Å². The fourth-order valence-corrected chi connectivity index (χ4v) is 3.15. The zero-order chi connectivity index (χ0) is 18.7. The van der Waals surface area contributed by atoms with E-state index in [4.69, 9.17) is 32.7 Å². The number of benzene rings is 2. The molecule has 0 aliphatic carbocycles. The van der Waals surface area contributed by atoms with E-state index in [1.165, 1.54) is 0 Å². The molecule has 0 radical (unpaired) electrons. The molecule has 0 unspecified atom stereocenters. The van der Waals surface area contributed by atoms with Crippen LogP contribution in [0.1, 0.15) is 26.7 Å². The quantitative estimate of drug-likeness (QED) is 0.620. The van der Waals surface area contributed by atoms with Crippen LogP contribution in [0.5, 0.6) is 11.5 Å². The number of unbranched alkanes of at least 4 members (excludes halogenated alkanes) is 1. The first-order valence-electron chi connectivity index (χ1n) is 8.56. The molecule has 0 N–H and O–H groups in total. The third-order valence-corrected chi connectivity index (χ3v) is 4.68. The van der Waals surface area contributed by atoms with E-state index in [0.29, 0.717) is 28.9 Å². The second-order valence-electron chi connectivity index (χ2n) is 6.69. The minimum atomic E-state index is -0.888. The highest BCUT2D eigenvalue weighted by Crippen LogP contribution is 2.39. The SMILES string of the molecule is CC1(C)Oc2ccc(Cl)cc2N(CCCCOc2ccc(Cl)cc2)C1=O. The Morgan fingerprint density at radius 2 is 1.73 bits per heavy atom. The van der Waals surface area contributed by atoms with Gasteiger partial charge in [-0.3, -0.25) is 4.79 Å². The fraction of sp³-hybridized carbons (Fsp3) is 0.350. The first-order chi connectivity index (χ1) is 12.4. The van der Waals surface area contributed by atoms with E-state index in [1.54, 1.807) is 43.0 Å². The van der Waals surface area contributed by atoms with Gasteiger partial charge in [0.05, 0.1) is 12.3 Å². The number of carbonyl (C=O) groups is 1. The number of amides is 1. The van der Waals surface area contributed by atoms with Crippen LogP contribution >= 0.6 is 23.2 Å². The average Bonchev–Trinajstić information content (AvgIpc) is 2.60. The van der Waals surface area contributed by atoms with E-state index >= 15 is 0 Å². The number of carbonyl (C=O) groups excluding carboxylic acids is 1. The Balaban J connectivity index is 1.59. The van der Waals surface area contributed by atoms with Crippen LogP contribution in [0.25, 0.3) is 0 Å². The van der Waals surface area contributed by atoms with Gasteiger partial charge in [-0.15, -0.1) is 0 Å². The molecule has 3 rings (SSSR count). The molecule has 0 spiro atoms. The first kappa shape index (κ1) is 18.9. The molecule has 6 heteroatoms. The third-order valence-electron chi connectivity index (χ3n) is 4.20. The van der Waals surface area contributed by atoms with E-state index in [2.05, 4.69) is 0 Å². The third kappa shape index (κ3) is 4.25.